The first-order valence-electron chi connectivity index (χ1n) is 6.72. The van der Waals surface area contributed by atoms with Crippen LogP contribution in [0.25, 0.3) is 0 Å². The van der Waals surface area contributed by atoms with Crippen LogP contribution in [0.4, 0.5) is 13.2 Å². The maximum absolute atomic E-state index is 11.9. The van der Waals surface area contributed by atoms with Crippen molar-refractivity contribution in [2.45, 2.75) is 50.2 Å². The van der Waals surface area contributed by atoms with Crippen LogP contribution in [0.5, 0.6) is 0 Å². The Morgan fingerprint density at radius 3 is 2.48 bits per heavy atom. The fourth-order valence-corrected chi connectivity index (χ4v) is 2.38. The second-order valence-electron chi connectivity index (χ2n) is 5.09. The van der Waals surface area contributed by atoms with E-state index in [1.807, 2.05) is 0 Å². The number of hydrogen-bond acceptors (Lipinski definition) is 4. The Balaban J connectivity index is 2.46. The zero-order chi connectivity index (χ0) is 15.9. The van der Waals surface area contributed by atoms with Crippen LogP contribution in [0.3, 0.4) is 0 Å². The van der Waals surface area contributed by atoms with Crippen molar-refractivity contribution in [3.05, 3.63) is 0 Å². The smallest absolute Gasteiger partial charge is 0.409 e. The lowest BCUT2D eigenvalue weighted by Gasteiger charge is -2.36. The minimum absolute atomic E-state index is 0.0771. The van der Waals surface area contributed by atoms with Gasteiger partial charge in [-0.1, -0.05) is 24.4 Å². The van der Waals surface area contributed by atoms with E-state index in [4.69, 9.17) is 10.9 Å². The highest BCUT2D eigenvalue weighted by atomic mass is 19.4. The number of hydrogen-bond donors (Lipinski definition) is 3. The number of nitrogens with two attached hydrogens (primary N) is 1. The Bertz CT molecular complexity index is 380. The maximum atomic E-state index is 11.9. The molecule has 6 nitrogen and oxygen atoms in total. The van der Waals surface area contributed by atoms with Crippen molar-refractivity contribution in [2.75, 3.05) is 13.2 Å². The molecule has 0 aromatic heterocycles. The van der Waals surface area contributed by atoms with Gasteiger partial charge >= 0.3 is 6.18 Å². The Labute approximate surface area is 120 Å². The Morgan fingerprint density at radius 1 is 1.33 bits per heavy atom. The van der Waals surface area contributed by atoms with Crippen molar-refractivity contribution in [1.82, 2.24) is 5.32 Å². The number of alkyl halides is 3. The third-order valence-corrected chi connectivity index (χ3v) is 3.42. The van der Waals surface area contributed by atoms with Gasteiger partial charge in [-0.25, -0.2) is 0 Å². The predicted molar refractivity (Wildman–Crippen MR) is 68.9 cm³/mol. The predicted octanol–water partition coefficient (Wildman–Crippen LogP) is 1.52. The van der Waals surface area contributed by atoms with Gasteiger partial charge < -0.3 is 21.0 Å². The molecule has 21 heavy (non-hydrogen) atoms. The van der Waals surface area contributed by atoms with Crippen molar-refractivity contribution in [3.8, 4) is 0 Å². The van der Waals surface area contributed by atoms with Crippen LogP contribution in [0.1, 0.15) is 38.5 Å². The van der Waals surface area contributed by atoms with Crippen molar-refractivity contribution >= 4 is 11.7 Å². The molecular weight excluding hydrogens is 291 g/mol. The summed E-state index contributed by atoms with van der Waals surface area (Å²) in [5, 5.41) is 14.5. The lowest BCUT2D eigenvalue weighted by Crippen LogP contribution is -2.58. The van der Waals surface area contributed by atoms with Crippen LogP contribution in [0.15, 0.2) is 5.16 Å². The maximum Gasteiger partial charge on any atom is 0.411 e. The molecule has 1 aliphatic rings. The molecule has 4 N–H and O–H groups in total. The van der Waals surface area contributed by atoms with Gasteiger partial charge in [0.25, 0.3) is 0 Å². The van der Waals surface area contributed by atoms with Gasteiger partial charge in [-0.3, -0.25) is 4.79 Å². The standard InChI is InChI=1S/C12H20F3N3O3/c13-12(14,15)8-21-7-4-9(19)17-11(10(16)18-20)5-2-1-3-6-11/h20H,1-8H2,(H2,16,18)(H,17,19). The van der Waals surface area contributed by atoms with Crippen LogP contribution >= 0.6 is 0 Å². The number of amidine groups is 1. The SMILES string of the molecule is NC(=NO)C1(NC(=O)CCOCC(F)(F)F)CCCCC1. The molecule has 0 aromatic rings. The van der Waals surface area contributed by atoms with Gasteiger partial charge in [0.05, 0.1) is 6.61 Å². The first-order valence-corrected chi connectivity index (χ1v) is 6.72. The molecule has 0 aromatic carbocycles. The summed E-state index contributed by atoms with van der Waals surface area (Å²) in [6, 6.07) is 0. The third kappa shape index (κ3) is 5.78. The summed E-state index contributed by atoms with van der Waals surface area (Å²) < 4.78 is 40.0. The number of nitrogens with zero attached hydrogens (tertiary/aromatic N) is 1. The molecule has 9 heteroatoms. The average molecular weight is 311 g/mol. The number of halogens is 3. The topological polar surface area (TPSA) is 96.9 Å². The zero-order valence-electron chi connectivity index (χ0n) is 11.6. The third-order valence-electron chi connectivity index (χ3n) is 3.42. The number of rotatable bonds is 6. The van der Waals surface area contributed by atoms with E-state index >= 15 is 0 Å². The lowest BCUT2D eigenvalue weighted by molar-refractivity contribution is -0.174. The van der Waals surface area contributed by atoms with Gasteiger partial charge in [-0.15, -0.1) is 0 Å². The molecule has 1 amide bonds. The number of carbonyl (C=O) groups excluding carboxylic acids is 1. The minimum Gasteiger partial charge on any atom is -0.409 e. The molecule has 0 bridgehead atoms. The Morgan fingerprint density at radius 2 is 1.95 bits per heavy atom. The van der Waals surface area contributed by atoms with Crippen LogP contribution < -0.4 is 11.1 Å². The van der Waals surface area contributed by atoms with Crippen molar-refractivity contribution < 1.29 is 27.9 Å². The van der Waals surface area contributed by atoms with E-state index in [0.717, 1.165) is 19.3 Å². The molecule has 1 saturated carbocycles. The van der Waals surface area contributed by atoms with Crippen LogP contribution in [-0.4, -0.2) is 41.9 Å². The van der Waals surface area contributed by atoms with E-state index in [1.165, 1.54) is 0 Å². The molecule has 0 aliphatic heterocycles. The van der Waals surface area contributed by atoms with Gasteiger partial charge in [0.2, 0.25) is 5.91 Å². The van der Waals surface area contributed by atoms with E-state index < -0.39 is 24.2 Å². The summed E-state index contributed by atoms with van der Waals surface area (Å²) in [4.78, 5) is 11.8. The quantitative estimate of drug-likeness (QED) is 0.228. The molecule has 1 aliphatic carbocycles. The fraction of sp³-hybridized carbons (Fsp3) is 0.833. The average Bonchev–Trinajstić information content (AvgIpc) is 2.42. The van der Waals surface area contributed by atoms with Crippen LogP contribution in [0, 0.1) is 0 Å². The Kier molecular flexibility index (Phi) is 6.25. The van der Waals surface area contributed by atoms with Gasteiger partial charge in [-0.05, 0) is 12.8 Å². The molecule has 0 saturated heterocycles. The number of ether oxygens (including phenoxy) is 1. The largest absolute Gasteiger partial charge is 0.411 e. The normalized spacial score (nSPS) is 19.3. The monoisotopic (exact) mass is 311 g/mol. The summed E-state index contributed by atoms with van der Waals surface area (Å²) in [5.41, 5.74) is 4.74. The number of carbonyl (C=O) groups is 1. The van der Waals surface area contributed by atoms with Crippen molar-refractivity contribution in [2.24, 2.45) is 10.9 Å². The zero-order valence-corrected chi connectivity index (χ0v) is 11.6. The second-order valence-corrected chi connectivity index (χ2v) is 5.09. The van der Waals surface area contributed by atoms with E-state index in [2.05, 4.69) is 15.2 Å². The summed E-state index contributed by atoms with van der Waals surface area (Å²) >= 11 is 0. The van der Waals surface area contributed by atoms with Crippen LogP contribution in [0.2, 0.25) is 0 Å². The Hall–Kier alpha value is -1.51. The molecule has 122 valence electrons. The molecule has 1 rings (SSSR count). The summed E-state index contributed by atoms with van der Waals surface area (Å²) in [6.45, 7) is -1.72. The van der Waals surface area contributed by atoms with Crippen molar-refractivity contribution in [1.29, 1.82) is 0 Å². The fourth-order valence-electron chi connectivity index (χ4n) is 2.38. The number of amides is 1. The van der Waals surface area contributed by atoms with Gasteiger partial charge in [0, 0.05) is 6.42 Å². The summed E-state index contributed by atoms with van der Waals surface area (Å²) in [6.07, 6.45) is -0.908. The van der Waals surface area contributed by atoms with Crippen LogP contribution in [-0.2, 0) is 9.53 Å². The molecule has 0 atom stereocenters. The van der Waals surface area contributed by atoms with Gasteiger partial charge in [0.1, 0.15) is 12.1 Å². The molecule has 0 spiro atoms. The summed E-state index contributed by atoms with van der Waals surface area (Å²) in [7, 11) is 0. The van der Waals surface area contributed by atoms with E-state index in [9.17, 15) is 18.0 Å². The number of nitrogens with one attached hydrogen (secondary N) is 1. The molecule has 0 unspecified atom stereocenters. The second kappa shape index (κ2) is 7.48. The van der Waals surface area contributed by atoms with E-state index in [-0.39, 0.29) is 18.9 Å². The van der Waals surface area contributed by atoms with Gasteiger partial charge in [-0.2, -0.15) is 13.2 Å². The molecule has 0 heterocycles. The molecular formula is C12H20F3N3O3. The first-order chi connectivity index (χ1) is 9.79. The number of oxime groups is 1. The highest BCUT2D eigenvalue weighted by molar-refractivity contribution is 5.94. The highest BCUT2D eigenvalue weighted by Gasteiger charge is 2.38. The molecule has 0 radical (unpaired) electrons. The highest BCUT2D eigenvalue weighted by Crippen LogP contribution is 2.28. The lowest BCUT2D eigenvalue weighted by atomic mass is 9.80. The van der Waals surface area contributed by atoms with E-state index in [0.29, 0.717) is 12.8 Å². The van der Waals surface area contributed by atoms with Crippen molar-refractivity contribution in [3.63, 3.8) is 0 Å². The van der Waals surface area contributed by atoms with Gasteiger partial charge in [0.15, 0.2) is 5.84 Å². The molecule has 1 fully saturated rings. The minimum atomic E-state index is -4.41. The summed E-state index contributed by atoms with van der Waals surface area (Å²) in [5.74, 6) is -0.558. The van der Waals surface area contributed by atoms with E-state index in [1.54, 1.807) is 0 Å². The first kappa shape index (κ1) is 17.5.